The number of benzene rings is 1. The molecule has 2 heterocycles. The lowest BCUT2D eigenvalue weighted by Crippen LogP contribution is -2.46. The van der Waals surface area contributed by atoms with Crippen LogP contribution in [0.3, 0.4) is 0 Å². The van der Waals surface area contributed by atoms with E-state index in [1.54, 1.807) is 11.3 Å². The van der Waals surface area contributed by atoms with E-state index in [1.165, 1.54) is 10.4 Å². The fourth-order valence-corrected chi connectivity index (χ4v) is 3.78. The lowest BCUT2D eigenvalue weighted by atomic mass is 9.69. The molecule has 20 heavy (non-hydrogen) atoms. The largest absolute Gasteiger partial charge is 0.317 e. The Kier molecular flexibility index (Phi) is 3.99. The average molecular weight is 285 g/mol. The molecule has 0 unspecified atom stereocenters. The van der Waals surface area contributed by atoms with Crippen molar-refractivity contribution in [2.45, 2.75) is 24.7 Å². The molecular weight excluding hydrogens is 266 g/mol. The van der Waals surface area contributed by atoms with Crippen molar-refractivity contribution in [3.8, 4) is 0 Å². The van der Waals surface area contributed by atoms with Crippen LogP contribution in [0.15, 0.2) is 47.8 Å². The number of carbonyl (C=O) groups excluding carboxylic acids is 1. The van der Waals surface area contributed by atoms with E-state index in [2.05, 4.69) is 23.5 Å². The Balaban J connectivity index is 1.91. The van der Waals surface area contributed by atoms with Gasteiger partial charge in [0.25, 0.3) is 0 Å². The van der Waals surface area contributed by atoms with Gasteiger partial charge in [0.1, 0.15) is 5.78 Å². The quantitative estimate of drug-likeness (QED) is 0.935. The van der Waals surface area contributed by atoms with Gasteiger partial charge in [0, 0.05) is 11.3 Å². The van der Waals surface area contributed by atoms with Crippen LogP contribution in [-0.2, 0) is 16.6 Å². The van der Waals surface area contributed by atoms with Crippen LogP contribution in [0.1, 0.15) is 23.3 Å². The highest BCUT2D eigenvalue weighted by Gasteiger charge is 2.40. The number of hydrogen-bond donors (Lipinski definition) is 1. The highest BCUT2D eigenvalue weighted by molar-refractivity contribution is 7.10. The van der Waals surface area contributed by atoms with Crippen LogP contribution in [0.25, 0.3) is 0 Å². The Morgan fingerprint density at radius 3 is 2.50 bits per heavy atom. The smallest absolute Gasteiger partial charge is 0.148 e. The van der Waals surface area contributed by atoms with E-state index in [0.29, 0.717) is 12.2 Å². The molecule has 2 aromatic rings. The molecular formula is C17H19NOS. The normalized spacial score (nSPS) is 17.8. The van der Waals surface area contributed by atoms with Gasteiger partial charge in [0.05, 0.1) is 5.41 Å². The second-order valence-corrected chi connectivity index (χ2v) is 6.41. The first kappa shape index (κ1) is 13.5. The van der Waals surface area contributed by atoms with E-state index in [-0.39, 0.29) is 5.41 Å². The molecule has 0 bridgehead atoms. The molecule has 1 N–H and O–H groups in total. The fourth-order valence-electron chi connectivity index (χ4n) is 3.08. The van der Waals surface area contributed by atoms with Gasteiger partial charge in [-0.2, -0.15) is 0 Å². The van der Waals surface area contributed by atoms with Crippen molar-refractivity contribution in [3.63, 3.8) is 0 Å². The maximum atomic E-state index is 13.0. The van der Waals surface area contributed by atoms with E-state index in [4.69, 9.17) is 0 Å². The van der Waals surface area contributed by atoms with Gasteiger partial charge in [-0.25, -0.2) is 0 Å². The lowest BCUT2D eigenvalue weighted by molar-refractivity contribution is -0.124. The van der Waals surface area contributed by atoms with Crippen molar-refractivity contribution < 1.29 is 4.79 Å². The van der Waals surface area contributed by atoms with Crippen molar-refractivity contribution in [3.05, 3.63) is 58.3 Å². The van der Waals surface area contributed by atoms with Crippen molar-refractivity contribution >= 4 is 17.1 Å². The van der Waals surface area contributed by atoms with E-state index in [0.717, 1.165) is 25.9 Å². The highest BCUT2D eigenvalue weighted by Crippen LogP contribution is 2.35. The number of Topliss-reactive ketones (excluding diaryl/α,β-unsaturated/α-hetero) is 1. The molecule has 3 heteroatoms. The molecule has 0 spiro atoms. The molecule has 2 nitrogen and oxygen atoms in total. The number of piperidine rings is 1. The van der Waals surface area contributed by atoms with Crippen LogP contribution in [0.4, 0.5) is 0 Å². The van der Waals surface area contributed by atoms with E-state index >= 15 is 0 Å². The van der Waals surface area contributed by atoms with Crippen LogP contribution < -0.4 is 5.32 Å². The van der Waals surface area contributed by atoms with E-state index in [9.17, 15) is 4.79 Å². The summed E-state index contributed by atoms with van der Waals surface area (Å²) < 4.78 is 0. The summed E-state index contributed by atoms with van der Waals surface area (Å²) in [4.78, 5) is 14.1. The summed E-state index contributed by atoms with van der Waals surface area (Å²) in [7, 11) is 0. The van der Waals surface area contributed by atoms with Gasteiger partial charge < -0.3 is 5.32 Å². The minimum absolute atomic E-state index is 0.295. The molecule has 1 saturated heterocycles. The van der Waals surface area contributed by atoms with Gasteiger partial charge in [-0.3, -0.25) is 4.79 Å². The van der Waals surface area contributed by atoms with E-state index < -0.39 is 0 Å². The summed E-state index contributed by atoms with van der Waals surface area (Å²) in [5, 5.41) is 5.42. The second kappa shape index (κ2) is 5.90. The molecule has 1 aromatic heterocycles. The molecule has 1 aliphatic rings. The van der Waals surface area contributed by atoms with Gasteiger partial charge in [0.15, 0.2) is 0 Å². The van der Waals surface area contributed by atoms with Crippen molar-refractivity contribution in [1.29, 1.82) is 0 Å². The number of nitrogens with one attached hydrogen (secondary N) is 1. The van der Waals surface area contributed by atoms with Gasteiger partial charge in [-0.1, -0.05) is 36.4 Å². The molecule has 0 aliphatic carbocycles. The number of hydrogen-bond acceptors (Lipinski definition) is 3. The van der Waals surface area contributed by atoms with Crippen LogP contribution in [0.5, 0.6) is 0 Å². The van der Waals surface area contributed by atoms with Gasteiger partial charge in [-0.15, -0.1) is 11.3 Å². The standard InChI is InChI=1S/C17H19NOS/c19-16(13-15-7-4-12-20-15)17(8-10-18-11-9-17)14-5-2-1-3-6-14/h1-7,12,18H,8-11,13H2. The maximum Gasteiger partial charge on any atom is 0.148 e. The summed E-state index contributed by atoms with van der Waals surface area (Å²) in [5.41, 5.74) is 0.888. The molecule has 0 amide bonds. The molecule has 0 atom stereocenters. The third-order valence-corrected chi connectivity index (χ3v) is 5.11. The van der Waals surface area contributed by atoms with Gasteiger partial charge >= 0.3 is 0 Å². The van der Waals surface area contributed by atoms with Crippen LogP contribution in [0.2, 0.25) is 0 Å². The molecule has 1 aliphatic heterocycles. The topological polar surface area (TPSA) is 29.1 Å². The first-order chi connectivity index (χ1) is 9.81. The van der Waals surface area contributed by atoms with Crippen molar-refractivity contribution in [1.82, 2.24) is 5.32 Å². The number of thiophene rings is 1. The molecule has 0 radical (unpaired) electrons. The Hall–Kier alpha value is -1.45. The summed E-state index contributed by atoms with van der Waals surface area (Å²) in [6, 6.07) is 14.4. The van der Waals surface area contributed by atoms with Crippen molar-refractivity contribution in [2.24, 2.45) is 0 Å². The minimum Gasteiger partial charge on any atom is -0.317 e. The molecule has 104 valence electrons. The number of carbonyl (C=O) groups is 1. The molecule has 1 fully saturated rings. The Bertz CT molecular complexity index is 556. The predicted octanol–water partition coefficient (Wildman–Crippen LogP) is 3.18. The van der Waals surface area contributed by atoms with Crippen LogP contribution >= 0.6 is 11.3 Å². The third kappa shape index (κ3) is 2.56. The summed E-state index contributed by atoms with van der Waals surface area (Å²) in [6.45, 7) is 1.84. The zero-order chi connectivity index (χ0) is 13.8. The number of rotatable bonds is 4. The Labute approximate surface area is 123 Å². The fraction of sp³-hybridized carbons (Fsp3) is 0.353. The second-order valence-electron chi connectivity index (χ2n) is 5.38. The molecule has 1 aromatic carbocycles. The molecule has 3 rings (SSSR count). The van der Waals surface area contributed by atoms with Crippen LogP contribution in [0, 0.1) is 0 Å². The Morgan fingerprint density at radius 2 is 1.85 bits per heavy atom. The zero-order valence-electron chi connectivity index (χ0n) is 11.5. The van der Waals surface area contributed by atoms with Crippen LogP contribution in [-0.4, -0.2) is 18.9 Å². The number of ketones is 1. The highest BCUT2D eigenvalue weighted by atomic mass is 32.1. The SMILES string of the molecule is O=C(Cc1cccs1)C1(c2ccccc2)CCNCC1. The van der Waals surface area contributed by atoms with E-state index in [1.807, 2.05) is 29.6 Å². The maximum absolute atomic E-state index is 13.0. The first-order valence-electron chi connectivity index (χ1n) is 7.13. The zero-order valence-corrected chi connectivity index (χ0v) is 12.3. The monoisotopic (exact) mass is 285 g/mol. The Morgan fingerprint density at radius 1 is 1.10 bits per heavy atom. The third-order valence-electron chi connectivity index (χ3n) is 4.23. The first-order valence-corrected chi connectivity index (χ1v) is 8.01. The predicted molar refractivity (Wildman–Crippen MR) is 83.3 cm³/mol. The average Bonchev–Trinajstić information content (AvgIpc) is 3.02. The summed E-state index contributed by atoms with van der Waals surface area (Å²) in [5.74, 6) is 0.368. The van der Waals surface area contributed by atoms with Crippen molar-refractivity contribution in [2.75, 3.05) is 13.1 Å². The summed E-state index contributed by atoms with van der Waals surface area (Å²) >= 11 is 1.67. The summed E-state index contributed by atoms with van der Waals surface area (Å²) in [6.07, 6.45) is 2.37. The minimum atomic E-state index is -0.295. The van der Waals surface area contributed by atoms with Gasteiger partial charge in [-0.05, 0) is 42.9 Å². The van der Waals surface area contributed by atoms with Gasteiger partial charge in [0.2, 0.25) is 0 Å². The molecule has 0 saturated carbocycles. The lowest BCUT2D eigenvalue weighted by Gasteiger charge is -2.36.